The van der Waals surface area contributed by atoms with Gasteiger partial charge in [-0.25, -0.2) is 9.78 Å². The monoisotopic (exact) mass is 505 g/mol. The van der Waals surface area contributed by atoms with Gasteiger partial charge in [0.05, 0.1) is 18.4 Å². The summed E-state index contributed by atoms with van der Waals surface area (Å²) in [6.45, 7) is 2.04. The molecule has 0 saturated heterocycles. The Morgan fingerprint density at radius 2 is 1.86 bits per heavy atom. The quantitative estimate of drug-likeness (QED) is 0.373. The standard InChI is InChI=1S/C21H20IN3O4/c1-15(26)24-18-6-8-19(9-7-18)28-13-20(12-25-11-10-23-14-25)29-21(27)16-2-4-17(22)5-3-16/h2-11,14,20H,12-13H2,1H3,(H,24,26)/t20-/m1/s1. The number of imidazole rings is 1. The van der Waals surface area contributed by atoms with E-state index in [-0.39, 0.29) is 12.5 Å². The van der Waals surface area contributed by atoms with Crippen molar-refractivity contribution in [1.82, 2.24) is 9.55 Å². The molecule has 0 aliphatic carbocycles. The number of anilines is 1. The number of aromatic nitrogens is 2. The van der Waals surface area contributed by atoms with Crippen molar-refractivity contribution in [1.29, 1.82) is 0 Å². The van der Waals surface area contributed by atoms with Crippen LogP contribution in [0.2, 0.25) is 0 Å². The molecule has 150 valence electrons. The average molecular weight is 505 g/mol. The average Bonchev–Trinajstić information content (AvgIpc) is 3.20. The Kier molecular flexibility index (Phi) is 7.23. The van der Waals surface area contributed by atoms with E-state index in [2.05, 4.69) is 32.9 Å². The second-order valence-electron chi connectivity index (χ2n) is 6.31. The minimum absolute atomic E-state index is 0.137. The van der Waals surface area contributed by atoms with Gasteiger partial charge in [-0.05, 0) is 71.1 Å². The fourth-order valence-corrected chi connectivity index (χ4v) is 2.95. The number of benzene rings is 2. The van der Waals surface area contributed by atoms with Gasteiger partial charge in [-0.2, -0.15) is 0 Å². The summed E-state index contributed by atoms with van der Waals surface area (Å²) in [6, 6.07) is 14.2. The third-order valence-corrected chi connectivity index (χ3v) is 4.66. The lowest BCUT2D eigenvalue weighted by atomic mass is 10.2. The molecule has 1 heterocycles. The number of esters is 1. The van der Waals surface area contributed by atoms with Crippen LogP contribution in [0.25, 0.3) is 0 Å². The Morgan fingerprint density at radius 3 is 2.48 bits per heavy atom. The maximum Gasteiger partial charge on any atom is 0.338 e. The largest absolute Gasteiger partial charge is 0.490 e. The molecule has 1 N–H and O–H groups in total. The molecule has 0 aliphatic rings. The lowest BCUT2D eigenvalue weighted by Gasteiger charge is -2.19. The van der Waals surface area contributed by atoms with Crippen LogP contribution in [0.15, 0.2) is 67.3 Å². The smallest absolute Gasteiger partial charge is 0.338 e. The van der Waals surface area contributed by atoms with E-state index in [1.807, 2.05) is 16.7 Å². The van der Waals surface area contributed by atoms with Crippen molar-refractivity contribution in [3.05, 3.63) is 76.4 Å². The first-order chi connectivity index (χ1) is 14.0. The predicted octanol–water partition coefficient (Wildman–Crippen LogP) is 3.75. The van der Waals surface area contributed by atoms with E-state index < -0.39 is 12.1 Å². The molecule has 0 bridgehead atoms. The van der Waals surface area contributed by atoms with Gasteiger partial charge in [0.25, 0.3) is 0 Å². The number of rotatable bonds is 8. The van der Waals surface area contributed by atoms with Gasteiger partial charge in [0.15, 0.2) is 6.10 Å². The number of hydrogen-bond acceptors (Lipinski definition) is 5. The number of halogens is 1. The van der Waals surface area contributed by atoms with Crippen molar-refractivity contribution in [2.75, 3.05) is 11.9 Å². The third kappa shape index (κ3) is 6.60. The van der Waals surface area contributed by atoms with Crippen LogP contribution in [0.5, 0.6) is 5.75 Å². The van der Waals surface area contributed by atoms with Crippen molar-refractivity contribution in [3.63, 3.8) is 0 Å². The van der Waals surface area contributed by atoms with Crippen LogP contribution in [0, 0.1) is 3.57 Å². The summed E-state index contributed by atoms with van der Waals surface area (Å²) >= 11 is 2.18. The molecular weight excluding hydrogens is 485 g/mol. The summed E-state index contributed by atoms with van der Waals surface area (Å²) in [7, 11) is 0. The van der Waals surface area contributed by atoms with Gasteiger partial charge in [-0.3, -0.25) is 4.79 Å². The molecule has 8 heteroatoms. The van der Waals surface area contributed by atoms with Gasteiger partial charge < -0.3 is 19.4 Å². The number of ether oxygens (including phenoxy) is 2. The van der Waals surface area contributed by atoms with E-state index in [4.69, 9.17) is 9.47 Å². The number of amides is 1. The van der Waals surface area contributed by atoms with E-state index in [0.29, 0.717) is 23.5 Å². The molecule has 1 amide bonds. The van der Waals surface area contributed by atoms with Gasteiger partial charge in [-0.1, -0.05) is 0 Å². The Morgan fingerprint density at radius 1 is 1.14 bits per heavy atom. The van der Waals surface area contributed by atoms with Crippen LogP contribution >= 0.6 is 22.6 Å². The van der Waals surface area contributed by atoms with Gasteiger partial charge in [0.2, 0.25) is 5.91 Å². The summed E-state index contributed by atoms with van der Waals surface area (Å²) in [5, 5.41) is 2.70. The normalized spacial score (nSPS) is 11.5. The highest BCUT2D eigenvalue weighted by atomic mass is 127. The molecule has 0 unspecified atom stereocenters. The first-order valence-corrected chi connectivity index (χ1v) is 10.0. The molecule has 7 nitrogen and oxygen atoms in total. The molecule has 0 saturated carbocycles. The van der Waals surface area contributed by atoms with Gasteiger partial charge in [-0.15, -0.1) is 0 Å². The van der Waals surface area contributed by atoms with Crippen LogP contribution in [-0.4, -0.2) is 34.1 Å². The number of nitrogens with one attached hydrogen (secondary N) is 1. The Bertz CT molecular complexity index is 941. The molecule has 0 fully saturated rings. The molecule has 3 rings (SSSR count). The Labute approximate surface area is 182 Å². The molecule has 1 aromatic heterocycles. The minimum atomic E-state index is -0.508. The number of carbonyl (C=O) groups is 2. The van der Waals surface area contributed by atoms with E-state index in [9.17, 15) is 9.59 Å². The van der Waals surface area contributed by atoms with Crippen molar-refractivity contribution in [2.45, 2.75) is 19.6 Å². The fourth-order valence-electron chi connectivity index (χ4n) is 2.59. The predicted molar refractivity (Wildman–Crippen MR) is 117 cm³/mol. The number of hydrogen-bond donors (Lipinski definition) is 1. The Hall–Kier alpha value is -2.88. The second-order valence-corrected chi connectivity index (χ2v) is 7.56. The summed E-state index contributed by atoms with van der Waals surface area (Å²) in [5.74, 6) is 0.0674. The SMILES string of the molecule is CC(=O)Nc1ccc(OC[C@@H](Cn2ccnc2)OC(=O)c2ccc(I)cc2)cc1. The topological polar surface area (TPSA) is 82.4 Å². The van der Waals surface area contributed by atoms with Crippen LogP contribution in [-0.2, 0) is 16.1 Å². The van der Waals surface area contributed by atoms with Crippen molar-refractivity contribution < 1.29 is 19.1 Å². The number of nitrogens with zero attached hydrogens (tertiary/aromatic N) is 2. The molecule has 29 heavy (non-hydrogen) atoms. The first kappa shape index (κ1) is 20.8. The zero-order chi connectivity index (χ0) is 20.6. The van der Waals surface area contributed by atoms with E-state index in [0.717, 1.165) is 3.57 Å². The van der Waals surface area contributed by atoms with Gasteiger partial charge in [0.1, 0.15) is 12.4 Å². The molecule has 0 spiro atoms. The minimum Gasteiger partial charge on any atom is -0.490 e. The van der Waals surface area contributed by atoms with E-state index in [1.54, 1.807) is 55.1 Å². The van der Waals surface area contributed by atoms with Crippen LogP contribution in [0.1, 0.15) is 17.3 Å². The maximum atomic E-state index is 12.5. The molecule has 0 radical (unpaired) electrons. The first-order valence-electron chi connectivity index (χ1n) is 8.92. The second kappa shape index (κ2) is 10.1. The summed E-state index contributed by atoms with van der Waals surface area (Å²) < 4.78 is 14.4. The van der Waals surface area contributed by atoms with Crippen molar-refractivity contribution in [2.24, 2.45) is 0 Å². The molecule has 2 aromatic carbocycles. The number of carbonyl (C=O) groups excluding carboxylic acids is 2. The summed E-state index contributed by atoms with van der Waals surface area (Å²) in [4.78, 5) is 27.6. The van der Waals surface area contributed by atoms with E-state index >= 15 is 0 Å². The highest BCUT2D eigenvalue weighted by molar-refractivity contribution is 14.1. The van der Waals surface area contributed by atoms with Crippen LogP contribution in [0.4, 0.5) is 5.69 Å². The zero-order valence-electron chi connectivity index (χ0n) is 15.7. The van der Waals surface area contributed by atoms with Crippen molar-refractivity contribution >= 4 is 40.2 Å². The third-order valence-electron chi connectivity index (χ3n) is 3.94. The fraction of sp³-hybridized carbons (Fsp3) is 0.190. The summed E-state index contributed by atoms with van der Waals surface area (Å²) in [5.41, 5.74) is 1.17. The molecule has 1 atom stereocenters. The van der Waals surface area contributed by atoms with Crippen LogP contribution < -0.4 is 10.1 Å². The van der Waals surface area contributed by atoms with Gasteiger partial charge in [0, 0.05) is 28.6 Å². The lowest BCUT2D eigenvalue weighted by molar-refractivity contribution is -0.114. The maximum absolute atomic E-state index is 12.5. The summed E-state index contributed by atoms with van der Waals surface area (Å²) in [6.07, 6.45) is 4.62. The molecule has 0 aliphatic heterocycles. The molecule has 3 aromatic rings. The lowest BCUT2D eigenvalue weighted by Crippen LogP contribution is -2.29. The highest BCUT2D eigenvalue weighted by Gasteiger charge is 2.18. The van der Waals surface area contributed by atoms with E-state index in [1.165, 1.54) is 6.92 Å². The van der Waals surface area contributed by atoms with Crippen LogP contribution in [0.3, 0.4) is 0 Å². The molecular formula is C21H20IN3O4. The highest BCUT2D eigenvalue weighted by Crippen LogP contribution is 2.17. The zero-order valence-corrected chi connectivity index (χ0v) is 17.9. The van der Waals surface area contributed by atoms with Gasteiger partial charge >= 0.3 is 5.97 Å². The van der Waals surface area contributed by atoms with Crippen molar-refractivity contribution in [3.8, 4) is 5.75 Å². The Balaban J connectivity index is 1.64.